The fourth-order valence-electron chi connectivity index (χ4n) is 6.04. The van der Waals surface area contributed by atoms with Gasteiger partial charge in [-0.15, -0.1) is 0 Å². The standard InChI is InChI=1S/C32H36N4O2/c1-20-16-33-31-29(20)15-26(17-34-31)25-13-27(18-35(3)4)28-9-11-36(32(37)30(28)14-25)21(2)22-5-7-23(8-6-22)24-10-12-38-19-24/h5-8,13-17,21,24H,9-12,18-19H2,1-4H3,(H,33,34). The van der Waals surface area contributed by atoms with E-state index in [1.165, 1.54) is 27.8 Å². The highest BCUT2D eigenvalue weighted by Gasteiger charge is 2.31. The van der Waals surface area contributed by atoms with Crippen LogP contribution in [0.4, 0.5) is 0 Å². The second kappa shape index (κ2) is 10.0. The number of aromatic amines is 1. The maximum atomic E-state index is 14.0. The van der Waals surface area contributed by atoms with Crippen molar-refractivity contribution in [2.24, 2.45) is 0 Å². The Morgan fingerprint density at radius 3 is 2.71 bits per heavy atom. The van der Waals surface area contributed by atoms with Gasteiger partial charge in [0.2, 0.25) is 0 Å². The number of carbonyl (C=O) groups excluding carboxylic acids is 1. The summed E-state index contributed by atoms with van der Waals surface area (Å²) < 4.78 is 5.57. The highest BCUT2D eigenvalue weighted by atomic mass is 16.5. The van der Waals surface area contributed by atoms with Crippen molar-refractivity contribution in [2.45, 2.75) is 45.2 Å². The van der Waals surface area contributed by atoms with Crippen molar-refractivity contribution in [3.63, 3.8) is 0 Å². The fraction of sp³-hybridized carbons (Fsp3) is 0.375. The lowest BCUT2D eigenvalue weighted by atomic mass is 9.88. The zero-order valence-corrected chi connectivity index (χ0v) is 22.8. The van der Waals surface area contributed by atoms with Crippen molar-refractivity contribution in [1.82, 2.24) is 19.8 Å². The first-order valence-corrected chi connectivity index (χ1v) is 13.6. The second-order valence-corrected chi connectivity index (χ2v) is 11.1. The quantitative estimate of drug-likeness (QED) is 0.354. The van der Waals surface area contributed by atoms with E-state index in [2.05, 4.69) is 85.3 Å². The van der Waals surface area contributed by atoms with E-state index in [0.29, 0.717) is 5.92 Å². The molecule has 2 aromatic carbocycles. The number of carbonyl (C=O) groups is 1. The van der Waals surface area contributed by atoms with Crippen molar-refractivity contribution in [3.05, 3.63) is 88.2 Å². The average molecular weight is 509 g/mol. The number of nitrogens with zero attached hydrogens (tertiary/aromatic N) is 3. The molecule has 2 unspecified atom stereocenters. The van der Waals surface area contributed by atoms with E-state index in [-0.39, 0.29) is 11.9 Å². The normalized spacial score (nSPS) is 18.4. The maximum Gasteiger partial charge on any atom is 0.254 e. The minimum atomic E-state index is 0.00556. The van der Waals surface area contributed by atoms with Crippen LogP contribution in [0.1, 0.15) is 63.5 Å². The van der Waals surface area contributed by atoms with Crippen LogP contribution in [0.5, 0.6) is 0 Å². The van der Waals surface area contributed by atoms with E-state index in [1.54, 1.807) is 0 Å². The van der Waals surface area contributed by atoms with Gasteiger partial charge in [0, 0.05) is 54.5 Å². The molecule has 4 aromatic rings. The summed E-state index contributed by atoms with van der Waals surface area (Å²) in [5.74, 6) is 0.598. The Bertz CT molecular complexity index is 1480. The molecule has 2 atom stereocenters. The summed E-state index contributed by atoms with van der Waals surface area (Å²) in [6, 6.07) is 15.3. The van der Waals surface area contributed by atoms with Gasteiger partial charge in [-0.2, -0.15) is 0 Å². The smallest absolute Gasteiger partial charge is 0.254 e. The molecule has 6 nitrogen and oxygen atoms in total. The number of H-pyrrole nitrogens is 1. The van der Waals surface area contributed by atoms with Crippen LogP contribution < -0.4 is 0 Å². The van der Waals surface area contributed by atoms with Crippen LogP contribution >= 0.6 is 0 Å². The summed E-state index contributed by atoms with van der Waals surface area (Å²) in [7, 11) is 4.16. The number of ether oxygens (including phenoxy) is 1. The van der Waals surface area contributed by atoms with Gasteiger partial charge in [-0.1, -0.05) is 24.3 Å². The molecule has 6 heteroatoms. The monoisotopic (exact) mass is 508 g/mol. The van der Waals surface area contributed by atoms with Crippen molar-refractivity contribution < 1.29 is 9.53 Å². The first-order valence-electron chi connectivity index (χ1n) is 13.6. The summed E-state index contributed by atoms with van der Waals surface area (Å²) in [5.41, 5.74) is 9.86. The minimum absolute atomic E-state index is 0.00556. The minimum Gasteiger partial charge on any atom is -0.381 e. The van der Waals surface area contributed by atoms with E-state index in [9.17, 15) is 4.79 Å². The third kappa shape index (κ3) is 4.52. The Morgan fingerprint density at radius 1 is 1.16 bits per heavy atom. The topological polar surface area (TPSA) is 61.5 Å². The van der Waals surface area contributed by atoms with Gasteiger partial charge in [0.15, 0.2) is 0 Å². The second-order valence-electron chi connectivity index (χ2n) is 11.1. The van der Waals surface area contributed by atoms with Crippen LogP contribution in [0.3, 0.4) is 0 Å². The highest BCUT2D eigenvalue weighted by Crippen LogP contribution is 2.35. The number of pyridine rings is 1. The van der Waals surface area contributed by atoms with Crippen molar-refractivity contribution in [3.8, 4) is 11.1 Å². The first kappa shape index (κ1) is 24.8. The number of rotatable bonds is 6. The number of hydrogen-bond acceptors (Lipinski definition) is 4. The summed E-state index contributed by atoms with van der Waals surface area (Å²) in [5, 5.41) is 1.11. The van der Waals surface area contributed by atoms with Crippen molar-refractivity contribution >= 4 is 16.9 Å². The van der Waals surface area contributed by atoms with Gasteiger partial charge in [0.1, 0.15) is 5.65 Å². The van der Waals surface area contributed by atoms with E-state index < -0.39 is 0 Å². The molecule has 38 heavy (non-hydrogen) atoms. The molecule has 2 aliphatic rings. The van der Waals surface area contributed by atoms with Gasteiger partial charge in [-0.25, -0.2) is 4.98 Å². The molecular formula is C32H36N4O2. The summed E-state index contributed by atoms with van der Waals surface area (Å²) in [6.07, 6.45) is 5.84. The summed E-state index contributed by atoms with van der Waals surface area (Å²) in [4.78, 5) is 26.1. The van der Waals surface area contributed by atoms with Gasteiger partial charge in [-0.3, -0.25) is 4.79 Å². The number of fused-ring (bicyclic) bond motifs is 2. The number of aromatic nitrogens is 2. The zero-order chi connectivity index (χ0) is 26.4. The Morgan fingerprint density at radius 2 is 1.97 bits per heavy atom. The number of amides is 1. The molecule has 6 rings (SSSR count). The molecule has 0 bridgehead atoms. The molecule has 2 aromatic heterocycles. The Labute approximate surface area is 224 Å². The van der Waals surface area contributed by atoms with Crippen molar-refractivity contribution in [2.75, 3.05) is 33.9 Å². The lowest BCUT2D eigenvalue weighted by molar-refractivity contribution is 0.0672. The number of benzene rings is 2. The summed E-state index contributed by atoms with van der Waals surface area (Å²) >= 11 is 0. The van der Waals surface area contributed by atoms with Crippen LogP contribution in [0.25, 0.3) is 22.2 Å². The lowest BCUT2D eigenvalue weighted by Gasteiger charge is -2.35. The molecule has 0 spiro atoms. The SMILES string of the molecule is Cc1c[nH]c2ncc(-c3cc(CN(C)C)c4c(c3)C(=O)N(C(C)c3ccc(C5CCOC5)cc3)CC4)cc12. The van der Waals surface area contributed by atoms with Gasteiger partial charge in [0.05, 0.1) is 12.6 Å². The molecule has 1 fully saturated rings. The van der Waals surface area contributed by atoms with Crippen LogP contribution in [0.15, 0.2) is 54.9 Å². The Hall–Kier alpha value is -3.48. The summed E-state index contributed by atoms with van der Waals surface area (Å²) in [6.45, 7) is 7.40. The van der Waals surface area contributed by atoms with E-state index >= 15 is 0 Å². The highest BCUT2D eigenvalue weighted by molar-refractivity contribution is 5.99. The van der Waals surface area contributed by atoms with Crippen LogP contribution in [-0.2, 0) is 17.7 Å². The molecule has 0 aliphatic carbocycles. The Kier molecular flexibility index (Phi) is 6.54. The molecule has 2 aliphatic heterocycles. The van der Waals surface area contributed by atoms with E-state index in [4.69, 9.17) is 4.74 Å². The molecule has 4 heterocycles. The average Bonchev–Trinajstić information content (AvgIpc) is 3.59. The molecule has 0 radical (unpaired) electrons. The fourth-order valence-corrected chi connectivity index (χ4v) is 6.04. The number of hydrogen-bond donors (Lipinski definition) is 1. The lowest BCUT2D eigenvalue weighted by Crippen LogP contribution is -2.40. The zero-order valence-electron chi connectivity index (χ0n) is 22.8. The van der Waals surface area contributed by atoms with E-state index in [1.807, 2.05) is 17.3 Å². The predicted molar refractivity (Wildman–Crippen MR) is 151 cm³/mol. The van der Waals surface area contributed by atoms with Crippen LogP contribution in [0.2, 0.25) is 0 Å². The molecule has 1 amide bonds. The van der Waals surface area contributed by atoms with Gasteiger partial charge in [0.25, 0.3) is 5.91 Å². The Balaban J connectivity index is 1.34. The third-order valence-corrected chi connectivity index (χ3v) is 8.28. The van der Waals surface area contributed by atoms with Gasteiger partial charge >= 0.3 is 0 Å². The van der Waals surface area contributed by atoms with Crippen molar-refractivity contribution in [1.29, 1.82) is 0 Å². The molecule has 1 saturated heterocycles. The number of aryl methyl sites for hydroxylation is 1. The third-order valence-electron chi connectivity index (χ3n) is 8.28. The van der Waals surface area contributed by atoms with Crippen LogP contribution in [-0.4, -0.2) is 59.5 Å². The molecular weight excluding hydrogens is 472 g/mol. The largest absolute Gasteiger partial charge is 0.381 e. The molecule has 1 N–H and O–H groups in total. The number of nitrogens with one attached hydrogen (secondary N) is 1. The van der Waals surface area contributed by atoms with E-state index in [0.717, 1.165) is 66.9 Å². The first-order chi connectivity index (χ1) is 18.4. The van der Waals surface area contributed by atoms with Gasteiger partial charge < -0.3 is 19.5 Å². The van der Waals surface area contributed by atoms with Crippen LogP contribution in [0, 0.1) is 6.92 Å². The van der Waals surface area contributed by atoms with Gasteiger partial charge in [-0.05, 0) is 92.4 Å². The maximum absolute atomic E-state index is 14.0. The predicted octanol–water partition coefficient (Wildman–Crippen LogP) is 5.86. The molecule has 196 valence electrons. The molecule has 0 saturated carbocycles.